The maximum absolute atomic E-state index is 5.46. The smallest absolute Gasteiger partial charge is 0.0772 e. The van der Waals surface area contributed by atoms with Gasteiger partial charge in [-0.05, 0) is 145 Å². The summed E-state index contributed by atoms with van der Waals surface area (Å²) >= 11 is 0. The molecule has 242 valence electrons. The van der Waals surface area contributed by atoms with Gasteiger partial charge in [0.15, 0.2) is 0 Å². The van der Waals surface area contributed by atoms with E-state index in [9.17, 15) is 0 Å². The van der Waals surface area contributed by atoms with Crippen molar-refractivity contribution >= 4 is 44.4 Å². The Morgan fingerprint density at radius 3 is 1.29 bits per heavy atom. The second-order valence-electron chi connectivity index (χ2n) is 12.9. The molecule has 2 N–H and O–H groups in total. The van der Waals surface area contributed by atoms with Crippen molar-refractivity contribution in [1.82, 2.24) is 29.9 Å². The topological polar surface area (TPSA) is 83.1 Å². The number of nitrogens with zero attached hydrogens (tertiary/aromatic N) is 4. The number of hydrogen-bond acceptors (Lipinski definition) is 4. The Labute approximate surface area is 283 Å². The number of hydrogen-bond donors (Lipinski definition) is 2. The van der Waals surface area contributed by atoms with Crippen LogP contribution in [0.4, 0.5) is 0 Å². The summed E-state index contributed by atoms with van der Waals surface area (Å²) in [6.07, 6.45) is 11.1. The fraction of sp³-hybridized carbons (Fsp3) is 0.286. The zero-order valence-electron chi connectivity index (χ0n) is 29.4. The molecular formula is C42H44N6. The van der Waals surface area contributed by atoms with Gasteiger partial charge in [0.2, 0.25) is 0 Å². The van der Waals surface area contributed by atoms with Crippen LogP contribution in [-0.2, 0) is 12.8 Å². The first-order valence-electron chi connectivity index (χ1n) is 17.3. The lowest BCUT2D eigenvalue weighted by atomic mass is 9.92. The van der Waals surface area contributed by atoms with Gasteiger partial charge in [0.1, 0.15) is 0 Å². The van der Waals surface area contributed by atoms with Crippen molar-refractivity contribution < 1.29 is 0 Å². The summed E-state index contributed by atoms with van der Waals surface area (Å²) in [5, 5.41) is 0. The van der Waals surface area contributed by atoms with Crippen LogP contribution in [0.25, 0.3) is 66.6 Å². The molecule has 7 rings (SSSR count). The number of aryl methyl sites for hydroxylation is 4. The molecule has 6 heteroatoms. The van der Waals surface area contributed by atoms with E-state index in [1.54, 1.807) is 0 Å². The van der Waals surface area contributed by atoms with Crippen LogP contribution in [0.5, 0.6) is 0 Å². The second kappa shape index (κ2) is 12.5. The van der Waals surface area contributed by atoms with Gasteiger partial charge in [-0.25, -0.2) is 9.97 Å². The van der Waals surface area contributed by atoms with E-state index in [-0.39, 0.29) is 0 Å². The minimum absolute atomic E-state index is 0.871. The maximum Gasteiger partial charge on any atom is 0.0772 e. The molecule has 2 aliphatic heterocycles. The molecule has 0 aromatic carbocycles. The Balaban J connectivity index is 1.78. The minimum Gasteiger partial charge on any atom is -0.354 e. The predicted molar refractivity (Wildman–Crippen MR) is 201 cm³/mol. The molecule has 0 aliphatic carbocycles. The highest BCUT2D eigenvalue weighted by Crippen LogP contribution is 2.44. The average molecular weight is 633 g/mol. The fourth-order valence-corrected chi connectivity index (χ4v) is 7.78. The largest absolute Gasteiger partial charge is 0.354 e. The lowest BCUT2D eigenvalue weighted by Crippen LogP contribution is -1.95. The summed E-state index contributed by atoms with van der Waals surface area (Å²) in [5.74, 6) is 0. The van der Waals surface area contributed by atoms with Crippen molar-refractivity contribution in [2.75, 3.05) is 0 Å². The summed E-state index contributed by atoms with van der Waals surface area (Å²) in [4.78, 5) is 27.5. The number of fused-ring (bicyclic) bond motifs is 8. The molecule has 0 radical (unpaired) electrons. The average Bonchev–Trinajstić information content (AvgIpc) is 3.79. The summed E-state index contributed by atoms with van der Waals surface area (Å²) < 4.78 is 0. The molecule has 0 saturated heterocycles. The van der Waals surface area contributed by atoms with Crippen molar-refractivity contribution in [3.05, 3.63) is 106 Å². The van der Waals surface area contributed by atoms with Crippen LogP contribution in [0.15, 0.2) is 61.2 Å². The fourth-order valence-electron chi connectivity index (χ4n) is 7.78. The van der Waals surface area contributed by atoms with Crippen LogP contribution in [0.1, 0.15) is 99.4 Å². The van der Waals surface area contributed by atoms with Crippen LogP contribution in [0.3, 0.4) is 0 Å². The highest BCUT2D eigenvalue weighted by Gasteiger charge is 2.27. The van der Waals surface area contributed by atoms with Gasteiger partial charge in [0, 0.05) is 46.9 Å². The summed E-state index contributed by atoms with van der Waals surface area (Å²) in [5.41, 5.74) is 23.0. The predicted octanol–water partition coefficient (Wildman–Crippen LogP) is 10.9. The van der Waals surface area contributed by atoms with E-state index in [0.717, 1.165) is 87.2 Å². The zero-order chi connectivity index (χ0) is 33.7. The molecule has 5 aromatic heterocycles. The number of nitrogens with one attached hydrogen (secondary N) is 2. The molecular weight excluding hydrogens is 589 g/mol. The van der Waals surface area contributed by atoms with E-state index < -0.39 is 0 Å². The highest BCUT2D eigenvalue weighted by molar-refractivity contribution is 6.03. The molecule has 0 spiro atoms. The van der Waals surface area contributed by atoms with E-state index in [0.29, 0.717) is 0 Å². The van der Waals surface area contributed by atoms with Gasteiger partial charge in [0.05, 0.1) is 33.8 Å². The number of aromatic amines is 2. The van der Waals surface area contributed by atoms with Gasteiger partial charge < -0.3 is 9.97 Å². The molecule has 2 aliphatic rings. The molecule has 7 heterocycles. The third-order valence-electron chi connectivity index (χ3n) is 10.4. The van der Waals surface area contributed by atoms with Gasteiger partial charge in [-0.15, -0.1) is 0 Å². The Kier molecular flexibility index (Phi) is 8.20. The highest BCUT2D eigenvalue weighted by atomic mass is 14.8. The van der Waals surface area contributed by atoms with Crippen molar-refractivity contribution in [3.8, 4) is 22.3 Å². The van der Waals surface area contributed by atoms with E-state index in [4.69, 9.17) is 9.97 Å². The first-order valence-corrected chi connectivity index (χ1v) is 17.3. The number of aromatic nitrogens is 6. The number of rotatable bonds is 6. The molecule has 0 amide bonds. The third-order valence-corrected chi connectivity index (χ3v) is 10.4. The van der Waals surface area contributed by atoms with Crippen LogP contribution in [-0.4, -0.2) is 29.9 Å². The Morgan fingerprint density at radius 1 is 0.521 bits per heavy atom. The third kappa shape index (κ3) is 4.93. The molecule has 6 nitrogen and oxygen atoms in total. The van der Waals surface area contributed by atoms with Gasteiger partial charge in [-0.2, -0.15) is 0 Å². The minimum atomic E-state index is 0.871. The number of allylic oxidation sites excluding steroid dienone is 4. The quantitative estimate of drug-likeness (QED) is 0.195. The number of pyridine rings is 2. The molecule has 0 unspecified atom stereocenters. The van der Waals surface area contributed by atoms with Crippen LogP contribution >= 0.6 is 0 Å². The Bertz CT molecular complexity index is 2180. The van der Waals surface area contributed by atoms with Crippen molar-refractivity contribution in [2.45, 2.75) is 81.1 Å². The first-order chi connectivity index (χ1) is 23.3. The van der Waals surface area contributed by atoms with Crippen LogP contribution in [0.2, 0.25) is 0 Å². The first kappa shape index (κ1) is 31.5. The molecule has 5 aromatic rings. The summed E-state index contributed by atoms with van der Waals surface area (Å²) in [6.45, 7) is 17.9. The maximum atomic E-state index is 5.46. The van der Waals surface area contributed by atoms with Gasteiger partial charge in [0.25, 0.3) is 0 Å². The van der Waals surface area contributed by atoms with E-state index >= 15 is 0 Å². The normalized spacial score (nSPS) is 13.2. The Hall–Kier alpha value is -5.10. The zero-order valence-corrected chi connectivity index (χ0v) is 29.4. The Morgan fingerprint density at radius 2 is 0.917 bits per heavy atom. The lowest BCUT2D eigenvalue weighted by molar-refractivity contribution is 1.14. The monoisotopic (exact) mass is 632 g/mol. The van der Waals surface area contributed by atoms with Crippen molar-refractivity contribution in [3.63, 3.8) is 0 Å². The molecule has 0 fully saturated rings. The lowest BCUT2D eigenvalue weighted by Gasteiger charge is -2.11. The summed E-state index contributed by atoms with van der Waals surface area (Å²) in [7, 11) is 0. The van der Waals surface area contributed by atoms with Crippen molar-refractivity contribution in [2.24, 2.45) is 0 Å². The molecule has 0 atom stereocenters. The van der Waals surface area contributed by atoms with E-state index in [1.807, 2.05) is 24.8 Å². The van der Waals surface area contributed by atoms with E-state index in [1.165, 1.54) is 50.1 Å². The molecule has 48 heavy (non-hydrogen) atoms. The van der Waals surface area contributed by atoms with Gasteiger partial charge in [-0.1, -0.05) is 27.7 Å². The number of H-pyrrole nitrogens is 2. The molecule has 0 saturated carbocycles. The summed E-state index contributed by atoms with van der Waals surface area (Å²) in [6, 6.07) is 12.9. The molecule has 8 bridgehead atoms. The SMILES string of the molecule is CCC1=C(C)c2cc3[nH]c(c(CC)c3C)c(-c3ccncc3)c3[nH]c(cc4nc(c(-c5ccncc5)c1n2)C(CC)=C4C)c(C)c3CC. The van der Waals surface area contributed by atoms with Crippen molar-refractivity contribution in [1.29, 1.82) is 0 Å². The van der Waals surface area contributed by atoms with E-state index in [2.05, 4.69) is 112 Å². The standard InChI is InChI=1S/C42H44N6/c1-9-29-23(5)33-21-34-25(7)31(11-3)41(47-34)38(28-15-19-44-20-16-28)42-32(12-4)26(8)36(48-42)22-35-24(6)30(10-2)40(46-35)37(39(29)45-33)27-13-17-43-18-14-27/h13-22,45-46H,9-12H2,1-8H3. The second-order valence-corrected chi connectivity index (χ2v) is 12.9. The van der Waals surface area contributed by atoms with Gasteiger partial charge >= 0.3 is 0 Å². The van der Waals surface area contributed by atoms with Gasteiger partial charge in [-0.3, -0.25) is 9.97 Å². The van der Waals surface area contributed by atoms with Crippen LogP contribution < -0.4 is 0 Å². The van der Waals surface area contributed by atoms with Crippen LogP contribution in [0, 0.1) is 13.8 Å².